The van der Waals surface area contributed by atoms with Crippen molar-refractivity contribution in [2.45, 2.75) is 27.4 Å². The van der Waals surface area contributed by atoms with Gasteiger partial charge in [0.15, 0.2) is 0 Å². The van der Waals surface area contributed by atoms with Crippen molar-refractivity contribution in [2.24, 2.45) is 0 Å². The molecule has 2 rings (SSSR count). The summed E-state index contributed by atoms with van der Waals surface area (Å²) in [4.78, 5) is 0. The Labute approximate surface area is 115 Å². The Morgan fingerprint density at radius 1 is 1.05 bits per heavy atom. The lowest BCUT2D eigenvalue weighted by Crippen LogP contribution is -1.95. The molecule has 0 bridgehead atoms. The van der Waals surface area contributed by atoms with Crippen molar-refractivity contribution in [3.63, 3.8) is 0 Å². The molecule has 0 spiro atoms. The molecule has 0 unspecified atom stereocenters. The number of ether oxygens (including phenoxy) is 1. The SMILES string of the molecule is CC.Cc1cccc(OCc2cccc(C#N)c2)c1. The van der Waals surface area contributed by atoms with Gasteiger partial charge in [-0.05, 0) is 42.3 Å². The fourth-order valence-electron chi connectivity index (χ4n) is 1.60. The number of aryl methyl sites for hydroxylation is 1. The van der Waals surface area contributed by atoms with Crippen molar-refractivity contribution < 1.29 is 4.74 Å². The predicted molar refractivity (Wildman–Crippen MR) is 78.0 cm³/mol. The number of benzene rings is 2. The van der Waals surface area contributed by atoms with E-state index in [9.17, 15) is 0 Å². The van der Waals surface area contributed by atoms with Crippen molar-refractivity contribution in [2.75, 3.05) is 0 Å². The molecule has 0 heterocycles. The number of hydrogen-bond donors (Lipinski definition) is 0. The van der Waals surface area contributed by atoms with E-state index < -0.39 is 0 Å². The Bertz CT molecular complexity index is 555. The lowest BCUT2D eigenvalue weighted by Gasteiger charge is -2.07. The van der Waals surface area contributed by atoms with Crippen LogP contribution in [0.15, 0.2) is 48.5 Å². The van der Waals surface area contributed by atoms with Gasteiger partial charge in [0, 0.05) is 0 Å². The molecule has 2 nitrogen and oxygen atoms in total. The van der Waals surface area contributed by atoms with Crippen LogP contribution in [0, 0.1) is 18.3 Å². The second-order valence-electron chi connectivity index (χ2n) is 3.92. The molecule has 0 saturated heterocycles. The molecule has 0 fully saturated rings. The molecule has 98 valence electrons. The summed E-state index contributed by atoms with van der Waals surface area (Å²) in [6.45, 7) is 6.52. The normalized spacial score (nSPS) is 8.95. The third-order valence-corrected chi connectivity index (χ3v) is 2.45. The van der Waals surface area contributed by atoms with E-state index in [1.807, 2.05) is 63.2 Å². The number of nitrogens with zero attached hydrogens (tertiary/aromatic N) is 1. The summed E-state index contributed by atoms with van der Waals surface area (Å²) in [7, 11) is 0. The summed E-state index contributed by atoms with van der Waals surface area (Å²) in [6, 6.07) is 17.5. The summed E-state index contributed by atoms with van der Waals surface area (Å²) in [6.07, 6.45) is 0. The summed E-state index contributed by atoms with van der Waals surface area (Å²) >= 11 is 0. The van der Waals surface area contributed by atoms with Crippen LogP contribution in [-0.4, -0.2) is 0 Å². The first-order chi connectivity index (χ1) is 9.28. The molecule has 0 saturated carbocycles. The Hall–Kier alpha value is -2.27. The van der Waals surface area contributed by atoms with Gasteiger partial charge in [-0.3, -0.25) is 0 Å². The Kier molecular flexibility index (Phi) is 6.18. The number of hydrogen-bond acceptors (Lipinski definition) is 2. The second-order valence-corrected chi connectivity index (χ2v) is 3.92. The van der Waals surface area contributed by atoms with E-state index in [-0.39, 0.29) is 0 Å². The molecule has 0 N–H and O–H groups in total. The molecule has 2 heteroatoms. The predicted octanol–water partition coefficient (Wildman–Crippen LogP) is 4.47. The van der Waals surface area contributed by atoms with Gasteiger partial charge >= 0.3 is 0 Å². The number of rotatable bonds is 3. The molecule has 2 aromatic rings. The van der Waals surface area contributed by atoms with Gasteiger partial charge in [0.25, 0.3) is 0 Å². The van der Waals surface area contributed by atoms with Gasteiger partial charge in [-0.25, -0.2) is 0 Å². The molecule has 0 amide bonds. The topological polar surface area (TPSA) is 33.0 Å². The maximum absolute atomic E-state index is 8.79. The number of nitriles is 1. The largest absolute Gasteiger partial charge is 0.489 e. The van der Waals surface area contributed by atoms with Gasteiger partial charge in [0.1, 0.15) is 12.4 Å². The molecule has 0 atom stereocenters. The highest BCUT2D eigenvalue weighted by molar-refractivity contribution is 5.33. The minimum absolute atomic E-state index is 0.485. The summed E-state index contributed by atoms with van der Waals surface area (Å²) < 4.78 is 5.66. The minimum atomic E-state index is 0.485. The monoisotopic (exact) mass is 253 g/mol. The molecular weight excluding hydrogens is 234 g/mol. The van der Waals surface area contributed by atoms with E-state index in [2.05, 4.69) is 6.07 Å². The first-order valence-electron chi connectivity index (χ1n) is 6.46. The Balaban J connectivity index is 0.000000861. The van der Waals surface area contributed by atoms with Crippen LogP contribution in [0.25, 0.3) is 0 Å². The van der Waals surface area contributed by atoms with Crippen molar-refractivity contribution in [1.82, 2.24) is 0 Å². The molecular formula is C17H19NO. The van der Waals surface area contributed by atoms with Gasteiger partial charge in [0.05, 0.1) is 11.6 Å². The molecule has 0 aromatic heterocycles. The standard InChI is InChI=1S/C15H13NO.C2H6/c1-12-4-2-7-15(8-12)17-11-14-6-3-5-13(9-14)10-16;1-2/h2-9H,11H2,1H3;1-2H3. The van der Waals surface area contributed by atoms with Crippen molar-refractivity contribution in [1.29, 1.82) is 5.26 Å². The van der Waals surface area contributed by atoms with Gasteiger partial charge < -0.3 is 4.74 Å². The Morgan fingerprint density at radius 3 is 2.47 bits per heavy atom. The zero-order valence-electron chi connectivity index (χ0n) is 11.7. The third-order valence-electron chi connectivity index (χ3n) is 2.45. The highest BCUT2D eigenvalue weighted by Gasteiger charge is 1.97. The lowest BCUT2D eigenvalue weighted by molar-refractivity contribution is 0.306. The van der Waals surface area contributed by atoms with Crippen LogP contribution in [0.2, 0.25) is 0 Å². The van der Waals surface area contributed by atoms with E-state index in [1.165, 1.54) is 5.56 Å². The summed E-state index contributed by atoms with van der Waals surface area (Å²) in [5.41, 5.74) is 2.84. The molecule has 19 heavy (non-hydrogen) atoms. The molecule has 0 aliphatic carbocycles. The highest BCUT2D eigenvalue weighted by atomic mass is 16.5. The summed E-state index contributed by atoms with van der Waals surface area (Å²) in [5.74, 6) is 0.854. The molecule has 2 aromatic carbocycles. The smallest absolute Gasteiger partial charge is 0.120 e. The van der Waals surface area contributed by atoms with E-state index in [0.29, 0.717) is 12.2 Å². The fraction of sp³-hybridized carbons (Fsp3) is 0.235. The minimum Gasteiger partial charge on any atom is -0.489 e. The maximum Gasteiger partial charge on any atom is 0.120 e. The van der Waals surface area contributed by atoms with Gasteiger partial charge in [0.2, 0.25) is 0 Å². The van der Waals surface area contributed by atoms with Crippen molar-refractivity contribution in [3.05, 3.63) is 65.2 Å². The van der Waals surface area contributed by atoms with Crippen molar-refractivity contribution >= 4 is 0 Å². The Morgan fingerprint density at radius 2 is 1.79 bits per heavy atom. The average molecular weight is 253 g/mol. The van der Waals surface area contributed by atoms with Crippen LogP contribution in [-0.2, 0) is 6.61 Å². The molecule has 0 aliphatic heterocycles. The fourth-order valence-corrected chi connectivity index (χ4v) is 1.60. The van der Waals surface area contributed by atoms with Crippen LogP contribution >= 0.6 is 0 Å². The maximum atomic E-state index is 8.79. The van der Waals surface area contributed by atoms with Crippen molar-refractivity contribution in [3.8, 4) is 11.8 Å². The summed E-state index contributed by atoms with van der Waals surface area (Å²) in [5, 5.41) is 8.79. The van der Waals surface area contributed by atoms with Crippen LogP contribution in [0.4, 0.5) is 0 Å². The van der Waals surface area contributed by atoms with Gasteiger partial charge in [-0.2, -0.15) is 5.26 Å². The van der Waals surface area contributed by atoms with E-state index in [0.717, 1.165) is 11.3 Å². The van der Waals surface area contributed by atoms with Gasteiger partial charge in [-0.15, -0.1) is 0 Å². The first-order valence-corrected chi connectivity index (χ1v) is 6.46. The van der Waals surface area contributed by atoms with Crippen LogP contribution < -0.4 is 4.74 Å². The third kappa shape index (κ3) is 4.85. The quantitative estimate of drug-likeness (QED) is 0.808. The highest BCUT2D eigenvalue weighted by Crippen LogP contribution is 2.14. The average Bonchev–Trinajstić information content (AvgIpc) is 2.47. The zero-order chi connectivity index (χ0) is 14.1. The van der Waals surface area contributed by atoms with Gasteiger partial charge in [-0.1, -0.05) is 38.1 Å². The molecule has 0 radical (unpaired) electrons. The van der Waals surface area contributed by atoms with Crippen LogP contribution in [0.3, 0.4) is 0 Å². The first kappa shape index (κ1) is 14.8. The van der Waals surface area contributed by atoms with Crippen LogP contribution in [0.5, 0.6) is 5.75 Å². The molecule has 0 aliphatic rings. The van der Waals surface area contributed by atoms with E-state index in [4.69, 9.17) is 10.00 Å². The zero-order valence-corrected chi connectivity index (χ0v) is 11.7. The van der Waals surface area contributed by atoms with Crippen LogP contribution in [0.1, 0.15) is 30.5 Å². The van der Waals surface area contributed by atoms with E-state index in [1.54, 1.807) is 6.07 Å². The van der Waals surface area contributed by atoms with E-state index >= 15 is 0 Å². The second kappa shape index (κ2) is 7.94. The lowest BCUT2D eigenvalue weighted by atomic mass is 10.1.